The van der Waals surface area contributed by atoms with Crippen molar-refractivity contribution in [3.8, 4) is 0 Å². The summed E-state index contributed by atoms with van der Waals surface area (Å²) >= 11 is 0. The SMILES string of the molecule is CNC(C1=CCCCC1)C1C(C)OC(C)C1C. The van der Waals surface area contributed by atoms with Crippen LogP contribution < -0.4 is 5.32 Å². The molecule has 2 aliphatic rings. The molecule has 1 aliphatic carbocycles. The Morgan fingerprint density at radius 1 is 1.24 bits per heavy atom. The Balaban J connectivity index is 2.14. The van der Waals surface area contributed by atoms with Gasteiger partial charge in [-0.3, -0.25) is 0 Å². The van der Waals surface area contributed by atoms with E-state index in [4.69, 9.17) is 4.74 Å². The number of ether oxygens (including phenoxy) is 1. The zero-order valence-corrected chi connectivity index (χ0v) is 11.7. The fourth-order valence-corrected chi connectivity index (χ4v) is 3.64. The zero-order chi connectivity index (χ0) is 12.4. The van der Waals surface area contributed by atoms with E-state index < -0.39 is 0 Å². The number of hydrogen-bond donors (Lipinski definition) is 1. The molecule has 0 amide bonds. The molecule has 1 fully saturated rings. The van der Waals surface area contributed by atoms with E-state index in [-0.39, 0.29) is 0 Å². The molecule has 0 saturated carbocycles. The molecule has 0 spiro atoms. The minimum atomic E-state index is 0.375. The van der Waals surface area contributed by atoms with Crippen molar-refractivity contribution in [2.45, 2.75) is 64.7 Å². The third-order valence-corrected chi connectivity index (χ3v) is 4.74. The quantitative estimate of drug-likeness (QED) is 0.761. The molecule has 1 aliphatic heterocycles. The molecular weight excluding hydrogens is 210 g/mol. The van der Waals surface area contributed by atoms with Crippen LogP contribution in [0.5, 0.6) is 0 Å². The number of rotatable bonds is 3. The van der Waals surface area contributed by atoms with Gasteiger partial charge in [-0.1, -0.05) is 18.6 Å². The molecule has 0 aromatic carbocycles. The molecule has 0 aromatic rings. The first-order chi connectivity index (χ1) is 8.15. The van der Waals surface area contributed by atoms with E-state index in [2.05, 4.69) is 39.2 Å². The summed E-state index contributed by atoms with van der Waals surface area (Å²) in [6.45, 7) is 6.79. The Morgan fingerprint density at radius 3 is 2.47 bits per heavy atom. The predicted molar refractivity (Wildman–Crippen MR) is 72.1 cm³/mol. The van der Waals surface area contributed by atoms with Crippen molar-refractivity contribution in [1.29, 1.82) is 0 Å². The predicted octanol–water partition coefficient (Wildman–Crippen LogP) is 3.13. The average molecular weight is 237 g/mol. The van der Waals surface area contributed by atoms with Gasteiger partial charge in [-0.2, -0.15) is 0 Å². The summed E-state index contributed by atoms with van der Waals surface area (Å²) in [5, 5.41) is 3.55. The zero-order valence-electron chi connectivity index (χ0n) is 11.7. The van der Waals surface area contributed by atoms with Gasteiger partial charge in [0.2, 0.25) is 0 Å². The minimum Gasteiger partial charge on any atom is -0.375 e. The van der Waals surface area contributed by atoms with Crippen LogP contribution in [0.15, 0.2) is 11.6 Å². The first kappa shape index (κ1) is 13.1. The summed E-state index contributed by atoms with van der Waals surface area (Å²) in [4.78, 5) is 0. The first-order valence-corrected chi connectivity index (χ1v) is 7.16. The van der Waals surface area contributed by atoms with Gasteiger partial charge in [0.1, 0.15) is 0 Å². The van der Waals surface area contributed by atoms with E-state index in [0.29, 0.717) is 30.1 Å². The lowest BCUT2D eigenvalue weighted by Gasteiger charge is -2.32. The van der Waals surface area contributed by atoms with Crippen LogP contribution in [0.1, 0.15) is 46.5 Å². The van der Waals surface area contributed by atoms with E-state index in [0.717, 1.165) is 0 Å². The fourth-order valence-electron chi connectivity index (χ4n) is 3.64. The van der Waals surface area contributed by atoms with Gasteiger partial charge in [0, 0.05) is 12.0 Å². The van der Waals surface area contributed by atoms with E-state index in [9.17, 15) is 0 Å². The number of nitrogens with one attached hydrogen (secondary N) is 1. The van der Waals surface area contributed by atoms with E-state index in [1.807, 2.05) is 0 Å². The average Bonchev–Trinajstić information content (AvgIpc) is 2.58. The van der Waals surface area contributed by atoms with Gasteiger partial charge in [-0.15, -0.1) is 0 Å². The Kier molecular flexibility index (Phi) is 4.26. The van der Waals surface area contributed by atoms with E-state index in [1.165, 1.54) is 25.7 Å². The van der Waals surface area contributed by atoms with Crippen LogP contribution in [0, 0.1) is 11.8 Å². The summed E-state index contributed by atoms with van der Waals surface area (Å²) in [6, 6.07) is 0.519. The Morgan fingerprint density at radius 2 is 2.00 bits per heavy atom. The number of likely N-dealkylation sites (N-methyl/N-ethyl adjacent to an activating group) is 1. The summed E-state index contributed by atoms with van der Waals surface area (Å²) in [6.07, 6.45) is 8.50. The van der Waals surface area contributed by atoms with Gasteiger partial charge in [-0.05, 0) is 52.5 Å². The maximum atomic E-state index is 5.99. The third-order valence-electron chi connectivity index (χ3n) is 4.74. The van der Waals surface area contributed by atoms with E-state index in [1.54, 1.807) is 5.57 Å². The number of allylic oxidation sites excluding steroid dienone is 1. The molecule has 0 bridgehead atoms. The van der Waals surface area contributed by atoms with Crippen LogP contribution in [0.25, 0.3) is 0 Å². The smallest absolute Gasteiger partial charge is 0.0600 e. The third kappa shape index (κ3) is 2.58. The molecule has 5 unspecified atom stereocenters. The highest BCUT2D eigenvalue weighted by molar-refractivity contribution is 5.16. The molecule has 17 heavy (non-hydrogen) atoms. The highest BCUT2D eigenvalue weighted by Crippen LogP contribution is 2.38. The van der Waals surface area contributed by atoms with Gasteiger partial charge in [0.15, 0.2) is 0 Å². The first-order valence-electron chi connectivity index (χ1n) is 7.16. The molecule has 2 rings (SSSR count). The summed E-state index contributed by atoms with van der Waals surface area (Å²) in [5.74, 6) is 1.27. The Labute approximate surface area is 106 Å². The van der Waals surface area contributed by atoms with Crippen molar-refractivity contribution in [3.05, 3.63) is 11.6 Å². The maximum Gasteiger partial charge on any atom is 0.0600 e. The normalized spacial score (nSPS) is 40.1. The van der Waals surface area contributed by atoms with Crippen LogP contribution in [0.2, 0.25) is 0 Å². The molecule has 0 radical (unpaired) electrons. The molecule has 1 heterocycles. The van der Waals surface area contributed by atoms with Crippen LogP contribution in [-0.2, 0) is 4.74 Å². The lowest BCUT2D eigenvalue weighted by molar-refractivity contribution is 0.0489. The van der Waals surface area contributed by atoms with Crippen molar-refractivity contribution < 1.29 is 4.74 Å². The van der Waals surface area contributed by atoms with Crippen LogP contribution in [0.3, 0.4) is 0 Å². The fraction of sp³-hybridized carbons (Fsp3) is 0.867. The van der Waals surface area contributed by atoms with Crippen molar-refractivity contribution in [2.24, 2.45) is 11.8 Å². The lowest BCUT2D eigenvalue weighted by Crippen LogP contribution is -2.41. The van der Waals surface area contributed by atoms with Gasteiger partial charge < -0.3 is 10.1 Å². The Hall–Kier alpha value is -0.340. The van der Waals surface area contributed by atoms with Crippen LogP contribution >= 0.6 is 0 Å². The van der Waals surface area contributed by atoms with Gasteiger partial charge in [0.25, 0.3) is 0 Å². The summed E-state index contributed by atoms with van der Waals surface area (Å²) in [5.41, 5.74) is 1.63. The minimum absolute atomic E-state index is 0.375. The lowest BCUT2D eigenvalue weighted by atomic mass is 9.78. The molecule has 1 N–H and O–H groups in total. The molecule has 1 saturated heterocycles. The highest BCUT2D eigenvalue weighted by Gasteiger charge is 2.42. The van der Waals surface area contributed by atoms with Gasteiger partial charge >= 0.3 is 0 Å². The van der Waals surface area contributed by atoms with Crippen molar-refractivity contribution in [3.63, 3.8) is 0 Å². The standard InChI is InChI=1S/C15H27NO/c1-10-11(2)17-12(3)14(10)15(16-4)13-8-6-5-7-9-13/h8,10-12,14-16H,5-7,9H2,1-4H3. The largest absolute Gasteiger partial charge is 0.375 e. The number of hydrogen-bond acceptors (Lipinski definition) is 2. The highest BCUT2D eigenvalue weighted by atomic mass is 16.5. The molecule has 98 valence electrons. The molecule has 5 atom stereocenters. The van der Waals surface area contributed by atoms with Crippen LogP contribution in [0.4, 0.5) is 0 Å². The van der Waals surface area contributed by atoms with Crippen molar-refractivity contribution in [1.82, 2.24) is 5.32 Å². The monoisotopic (exact) mass is 237 g/mol. The summed E-state index contributed by atoms with van der Waals surface area (Å²) in [7, 11) is 2.10. The molecular formula is C15H27NO. The Bertz CT molecular complexity index is 287. The second kappa shape index (κ2) is 5.53. The molecule has 2 heteroatoms. The molecule has 0 aromatic heterocycles. The second-order valence-corrected chi connectivity index (χ2v) is 5.77. The maximum absolute atomic E-state index is 5.99. The molecule has 2 nitrogen and oxygen atoms in total. The topological polar surface area (TPSA) is 21.3 Å². The van der Waals surface area contributed by atoms with Gasteiger partial charge in [0.05, 0.1) is 12.2 Å². The van der Waals surface area contributed by atoms with Gasteiger partial charge in [-0.25, -0.2) is 0 Å². The second-order valence-electron chi connectivity index (χ2n) is 5.77. The van der Waals surface area contributed by atoms with Crippen molar-refractivity contribution >= 4 is 0 Å². The van der Waals surface area contributed by atoms with E-state index >= 15 is 0 Å². The van der Waals surface area contributed by atoms with Crippen molar-refractivity contribution in [2.75, 3.05) is 7.05 Å². The summed E-state index contributed by atoms with van der Waals surface area (Å²) < 4.78 is 5.99. The van der Waals surface area contributed by atoms with Crippen LogP contribution in [-0.4, -0.2) is 25.3 Å².